The fraction of sp³-hybridized carbons (Fsp3) is 0.455. The number of amides is 1. The summed E-state index contributed by atoms with van der Waals surface area (Å²) in [5, 5.41) is 3.19. The van der Waals surface area contributed by atoms with E-state index in [1.165, 1.54) is 0 Å². The molecule has 2 rings (SSSR count). The molecule has 1 fully saturated rings. The topological polar surface area (TPSA) is 45.2 Å². The molecular weight excluding hydrogens is 261 g/mol. The van der Waals surface area contributed by atoms with E-state index in [0.717, 1.165) is 19.5 Å². The molecule has 4 nitrogen and oxygen atoms in total. The second-order valence-corrected chi connectivity index (χ2v) is 3.74. The lowest BCUT2D eigenvalue weighted by Crippen LogP contribution is -2.33. The number of aromatic nitrogens is 1. The van der Waals surface area contributed by atoms with E-state index < -0.39 is 0 Å². The maximum Gasteiger partial charge on any atom is 0.272 e. The zero-order chi connectivity index (χ0) is 10.7. The average Bonchev–Trinajstić information content (AvgIpc) is 2.78. The first-order valence-corrected chi connectivity index (χ1v) is 5.19. The Kier molecular flexibility index (Phi) is 7.11. The summed E-state index contributed by atoms with van der Waals surface area (Å²) in [7, 11) is 1.93. The van der Waals surface area contributed by atoms with E-state index >= 15 is 0 Å². The van der Waals surface area contributed by atoms with Crippen LogP contribution >= 0.6 is 24.8 Å². The van der Waals surface area contributed by atoms with Crippen LogP contribution in [0.15, 0.2) is 24.4 Å². The van der Waals surface area contributed by atoms with Crippen LogP contribution in [0.2, 0.25) is 0 Å². The van der Waals surface area contributed by atoms with E-state index in [0.29, 0.717) is 11.7 Å². The van der Waals surface area contributed by atoms with Crippen molar-refractivity contribution in [2.24, 2.45) is 0 Å². The second kappa shape index (κ2) is 7.48. The molecule has 2 heterocycles. The van der Waals surface area contributed by atoms with Gasteiger partial charge in [0.2, 0.25) is 0 Å². The van der Waals surface area contributed by atoms with Gasteiger partial charge in [0.25, 0.3) is 5.91 Å². The molecule has 1 aromatic rings. The van der Waals surface area contributed by atoms with E-state index in [9.17, 15) is 4.79 Å². The normalized spacial score (nSPS) is 18.2. The molecular formula is C11H17Cl2N3O. The molecule has 6 heteroatoms. The van der Waals surface area contributed by atoms with Crippen molar-refractivity contribution in [1.29, 1.82) is 0 Å². The molecule has 0 aromatic carbocycles. The van der Waals surface area contributed by atoms with Crippen molar-refractivity contribution in [3.63, 3.8) is 0 Å². The molecule has 0 radical (unpaired) electrons. The Morgan fingerprint density at radius 1 is 1.47 bits per heavy atom. The second-order valence-electron chi connectivity index (χ2n) is 3.74. The number of hydrogen-bond donors (Lipinski definition) is 1. The minimum Gasteiger partial charge on any atom is -0.336 e. The SMILES string of the molecule is CNC1CCN(C(=O)c2ccccn2)C1.Cl.Cl. The van der Waals surface area contributed by atoms with E-state index in [-0.39, 0.29) is 30.7 Å². The van der Waals surface area contributed by atoms with Gasteiger partial charge in [0.1, 0.15) is 5.69 Å². The molecule has 1 aliphatic rings. The number of nitrogens with zero attached hydrogens (tertiary/aromatic N) is 2. The third kappa shape index (κ3) is 3.84. The van der Waals surface area contributed by atoms with Crippen molar-refractivity contribution in [2.45, 2.75) is 12.5 Å². The summed E-state index contributed by atoms with van der Waals surface area (Å²) in [6.07, 6.45) is 2.67. The summed E-state index contributed by atoms with van der Waals surface area (Å²) in [5.41, 5.74) is 0.536. The Morgan fingerprint density at radius 3 is 2.76 bits per heavy atom. The Balaban J connectivity index is 0.00000128. The number of nitrogens with one attached hydrogen (secondary N) is 1. The summed E-state index contributed by atoms with van der Waals surface area (Å²) in [5.74, 6) is 0.0355. The van der Waals surface area contributed by atoms with E-state index in [1.54, 1.807) is 12.3 Å². The molecule has 0 saturated carbocycles. The maximum absolute atomic E-state index is 11.9. The van der Waals surface area contributed by atoms with Gasteiger partial charge < -0.3 is 10.2 Å². The highest BCUT2D eigenvalue weighted by atomic mass is 35.5. The van der Waals surface area contributed by atoms with E-state index in [4.69, 9.17) is 0 Å². The largest absolute Gasteiger partial charge is 0.336 e. The molecule has 1 atom stereocenters. The van der Waals surface area contributed by atoms with Gasteiger partial charge in [-0.3, -0.25) is 9.78 Å². The molecule has 1 unspecified atom stereocenters. The highest BCUT2D eigenvalue weighted by Gasteiger charge is 2.26. The number of likely N-dealkylation sites (N-methyl/N-ethyl adjacent to an activating group) is 1. The van der Waals surface area contributed by atoms with Crippen LogP contribution in [-0.2, 0) is 0 Å². The highest BCUT2D eigenvalue weighted by molar-refractivity contribution is 5.92. The molecule has 1 amide bonds. The first-order chi connectivity index (χ1) is 7.31. The summed E-state index contributed by atoms with van der Waals surface area (Å²) >= 11 is 0. The molecule has 0 spiro atoms. The maximum atomic E-state index is 11.9. The molecule has 1 aliphatic heterocycles. The van der Waals surface area contributed by atoms with Gasteiger partial charge in [-0.15, -0.1) is 24.8 Å². The van der Waals surface area contributed by atoms with Crippen molar-refractivity contribution in [2.75, 3.05) is 20.1 Å². The van der Waals surface area contributed by atoms with Gasteiger partial charge in [-0.05, 0) is 25.6 Å². The summed E-state index contributed by atoms with van der Waals surface area (Å²) in [6, 6.07) is 5.84. The molecule has 1 aromatic heterocycles. The fourth-order valence-corrected chi connectivity index (χ4v) is 1.83. The Morgan fingerprint density at radius 2 is 2.24 bits per heavy atom. The van der Waals surface area contributed by atoms with E-state index in [2.05, 4.69) is 10.3 Å². The molecule has 0 bridgehead atoms. The molecule has 1 saturated heterocycles. The predicted octanol–water partition coefficient (Wildman–Crippen LogP) is 1.36. The highest BCUT2D eigenvalue weighted by Crippen LogP contribution is 2.11. The number of pyridine rings is 1. The van der Waals surface area contributed by atoms with Crippen LogP contribution in [0.3, 0.4) is 0 Å². The van der Waals surface area contributed by atoms with Crippen molar-refractivity contribution in [3.05, 3.63) is 30.1 Å². The Hall–Kier alpha value is -0.840. The Bertz CT molecular complexity index is 348. The zero-order valence-corrected chi connectivity index (χ0v) is 11.3. The quantitative estimate of drug-likeness (QED) is 0.888. The number of rotatable bonds is 2. The summed E-state index contributed by atoms with van der Waals surface area (Å²) in [4.78, 5) is 17.9. The lowest BCUT2D eigenvalue weighted by molar-refractivity contribution is 0.0784. The van der Waals surface area contributed by atoms with Gasteiger partial charge in [-0.1, -0.05) is 6.07 Å². The number of halogens is 2. The lowest BCUT2D eigenvalue weighted by atomic mass is 10.3. The van der Waals surface area contributed by atoms with Gasteiger partial charge in [-0.2, -0.15) is 0 Å². The zero-order valence-electron chi connectivity index (χ0n) is 9.63. The third-order valence-corrected chi connectivity index (χ3v) is 2.77. The smallest absolute Gasteiger partial charge is 0.272 e. The van der Waals surface area contributed by atoms with Gasteiger partial charge >= 0.3 is 0 Å². The first kappa shape index (κ1) is 16.2. The van der Waals surface area contributed by atoms with Gasteiger partial charge in [-0.25, -0.2) is 0 Å². The standard InChI is InChI=1S/C11H15N3O.2ClH/c1-12-9-5-7-14(8-9)11(15)10-4-2-3-6-13-10;;/h2-4,6,9,12H,5,7-8H2,1H3;2*1H. The van der Waals surface area contributed by atoms with Gasteiger partial charge in [0, 0.05) is 25.3 Å². The van der Waals surface area contributed by atoms with Gasteiger partial charge in [0.05, 0.1) is 0 Å². The fourth-order valence-electron chi connectivity index (χ4n) is 1.83. The van der Waals surface area contributed by atoms with Crippen molar-refractivity contribution >= 4 is 30.7 Å². The van der Waals surface area contributed by atoms with Crippen molar-refractivity contribution in [1.82, 2.24) is 15.2 Å². The summed E-state index contributed by atoms with van der Waals surface area (Å²) in [6.45, 7) is 1.60. The molecule has 0 aliphatic carbocycles. The average molecular weight is 278 g/mol. The lowest BCUT2D eigenvalue weighted by Gasteiger charge is -2.15. The van der Waals surface area contributed by atoms with Gasteiger partial charge in [0.15, 0.2) is 0 Å². The summed E-state index contributed by atoms with van der Waals surface area (Å²) < 4.78 is 0. The minimum absolute atomic E-state index is 0. The van der Waals surface area contributed by atoms with Crippen molar-refractivity contribution in [3.8, 4) is 0 Å². The van der Waals surface area contributed by atoms with Crippen LogP contribution in [0.1, 0.15) is 16.9 Å². The van der Waals surface area contributed by atoms with E-state index in [1.807, 2.05) is 24.1 Å². The van der Waals surface area contributed by atoms with Crippen LogP contribution in [0.4, 0.5) is 0 Å². The number of hydrogen-bond acceptors (Lipinski definition) is 3. The third-order valence-electron chi connectivity index (χ3n) is 2.77. The van der Waals surface area contributed by atoms with Crippen LogP contribution in [0.25, 0.3) is 0 Å². The molecule has 96 valence electrons. The van der Waals surface area contributed by atoms with Crippen molar-refractivity contribution < 1.29 is 4.79 Å². The monoisotopic (exact) mass is 277 g/mol. The Labute approximate surface area is 114 Å². The van der Waals surface area contributed by atoms with Crippen LogP contribution < -0.4 is 5.32 Å². The minimum atomic E-state index is 0. The predicted molar refractivity (Wildman–Crippen MR) is 72.1 cm³/mol. The van der Waals surface area contributed by atoms with Crippen LogP contribution in [-0.4, -0.2) is 42.0 Å². The molecule has 17 heavy (non-hydrogen) atoms. The number of carbonyl (C=O) groups is 1. The first-order valence-electron chi connectivity index (χ1n) is 5.19. The van der Waals surface area contributed by atoms with Crippen LogP contribution in [0.5, 0.6) is 0 Å². The number of likely N-dealkylation sites (tertiary alicyclic amines) is 1. The van der Waals surface area contributed by atoms with Crippen LogP contribution in [0, 0.1) is 0 Å². The number of carbonyl (C=O) groups excluding carboxylic acids is 1. The molecule has 1 N–H and O–H groups in total.